The number of benzene rings is 1. The summed E-state index contributed by atoms with van der Waals surface area (Å²) in [5.41, 5.74) is 1.13. The van der Waals surface area contributed by atoms with Crippen molar-refractivity contribution in [2.75, 3.05) is 32.1 Å². The first kappa shape index (κ1) is 16.2. The predicted octanol–water partition coefficient (Wildman–Crippen LogP) is 1.66. The lowest BCUT2D eigenvalue weighted by Gasteiger charge is -2.16. The van der Waals surface area contributed by atoms with Crippen LogP contribution in [0.15, 0.2) is 24.3 Å². The summed E-state index contributed by atoms with van der Waals surface area (Å²) in [4.78, 5) is 11.6. The highest BCUT2D eigenvalue weighted by Crippen LogP contribution is 2.23. The molecule has 1 aromatic carbocycles. The summed E-state index contributed by atoms with van der Waals surface area (Å²) in [5, 5.41) is 14.8. The highest BCUT2D eigenvalue weighted by atomic mass is 16.5. The largest absolute Gasteiger partial charge is 0.383 e. The number of hydrogen-bond acceptors (Lipinski definition) is 4. The average molecular weight is 275 g/mol. The molecule has 0 atom stereocenters. The third kappa shape index (κ3) is 5.00. The number of rotatable bonds is 7. The molecule has 1 amide bonds. The van der Waals surface area contributed by atoms with E-state index in [1.54, 1.807) is 7.11 Å². The fourth-order valence-electron chi connectivity index (χ4n) is 1.62. The molecule has 1 rings (SSSR count). The van der Waals surface area contributed by atoms with Gasteiger partial charge in [-0.2, -0.15) is 5.26 Å². The van der Waals surface area contributed by atoms with Gasteiger partial charge >= 0.3 is 0 Å². The Morgan fingerprint density at radius 3 is 2.55 bits per heavy atom. The molecule has 0 aliphatic carbocycles. The lowest BCUT2D eigenvalue weighted by Crippen LogP contribution is -2.30. The van der Waals surface area contributed by atoms with Crippen molar-refractivity contribution in [1.29, 1.82) is 5.26 Å². The minimum Gasteiger partial charge on any atom is -0.383 e. The molecule has 0 aliphatic heterocycles. The van der Waals surface area contributed by atoms with E-state index in [0.717, 1.165) is 11.3 Å². The van der Waals surface area contributed by atoms with E-state index < -0.39 is 5.41 Å². The molecule has 2 N–H and O–H groups in total. The van der Waals surface area contributed by atoms with Gasteiger partial charge in [-0.15, -0.1) is 0 Å². The zero-order valence-electron chi connectivity index (χ0n) is 12.2. The van der Waals surface area contributed by atoms with Gasteiger partial charge in [0.1, 0.15) is 0 Å². The zero-order chi connectivity index (χ0) is 15.0. The van der Waals surface area contributed by atoms with Crippen molar-refractivity contribution >= 4 is 11.6 Å². The molecule has 108 valence electrons. The number of methoxy groups -OCH3 is 1. The van der Waals surface area contributed by atoms with Crippen LogP contribution in [0, 0.1) is 11.3 Å². The number of ether oxygens (including phenoxy) is 1. The van der Waals surface area contributed by atoms with Crippen LogP contribution < -0.4 is 10.6 Å². The van der Waals surface area contributed by atoms with Crippen molar-refractivity contribution in [1.82, 2.24) is 5.32 Å². The molecule has 0 saturated carbocycles. The van der Waals surface area contributed by atoms with Gasteiger partial charge in [-0.1, -0.05) is 12.1 Å². The zero-order valence-corrected chi connectivity index (χ0v) is 12.2. The Bertz CT molecular complexity index is 475. The standard InChI is InChI=1S/C15H21N3O2/c1-15(2,11-16)12-4-6-13(7-5-12)18-14(19)10-17-8-9-20-3/h4-7,17H,8-10H2,1-3H3,(H,18,19). The van der Waals surface area contributed by atoms with Crippen LogP contribution in [0.5, 0.6) is 0 Å². The fourth-order valence-corrected chi connectivity index (χ4v) is 1.62. The summed E-state index contributed by atoms with van der Waals surface area (Å²) < 4.78 is 4.88. The molecule has 5 heteroatoms. The van der Waals surface area contributed by atoms with Crippen LogP contribution in [-0.2, 0) is 14.9 Å². The highest BCUT2D eigenvalue weighted by molar-refractivity contribution is 5.92. The third-order valence-electron chi connectivity index (χ3n) is 2.94. The van der Waals surface area contributed by atoms with Gasteiger partial charge < -0.3 is 15.4 Å². The van der Waals surface area contributed by atoms with E-state index in [1.165, 1.54) is 0 Å². The topological polar surface area (TPSA) is 74.2 Å². The van der Waals surface area contributed by atoms with Gasteiger partial charge in [0.15, 0.2) is 0 Å². The second-order valence-electron chi connectivity index (χ2n) is 5.03. The van der Waals surface area contributed by atoms with Gasteiger partial charge in [-0.25, -0.2) is 0 Å². The molecule has 5 nitrogen and oxygen atoms in total. The van der Waals surface area contributed by atoms with Crippen LogP contribution in [-0.4, -0.2) is 32.7 Å². The maximum absolute atomic E-state index is 11.6. The first-order chi connectivity index (χ1) is 9.49. The molecule has 0 fully saturated rings. The van der Waals surface area contributed by atoms with E-state index in [-0.39, 0.29) is 12.5 Å². The summed E-state index contributed by atoms with van der Waals surface area (Å²) in [7, 11) is 1.62. The van der Waals surface area contributed by atoms with Crippen LogP contribution in [0.2, 0.25) is 0 Å². The second kappa shape index (κ2) is 7.63. The number of nitrogens with one attached hydrogen (secondary N) is 2. The number of amides is 1. The minimum atomic E-state index is -0.524. The monoisotopic (exact) mass is 275 g/mol. The lowest BCUT2D eigenvalue weighted by molar-refractivity contribution is -0.115. The minimum absolute atomic E-state index is 0.103. The summed E-state index contributed by atoms with van der Waals surface area (Å²) >= 11 is 0. The molecular weight excluding hydrogens is 254 g/mol. The number of hydrogen-bond donors (Lipinski definition) is 2. The summed E-state index contributed by atoms with van der Waals surface area (Å²) in [6.45, 7) is 5.18. The smallest absolute Gasteiger partial charge is 0.238 e. The molecular formula is C15H21N3O2. The van der Waals surface area contributed by atoms with Crippen molar-refractivity contribution < 1.29 is 9.53 Å². The molecule has 1 aromatic rings. The average Bonchev–Trinajstić information content (AvgIpc) is 2.44. The lowest BCUT2D eigenvalue weighted by atomic mass is 9.86. The molecule has 0 radical (unpaired) electrons. The number of anilines is 1. The first-order valence-corrected chi connectivity index (χ1v) is 6.51. The number of nitrogens with zero attached hydrogens (tertiary/aromatic N) is 1. The third-order valence-corrected chi connectivity index (χ3v) is 2.94. The maximum atomic E-state index is 11.6. The molecule has 0 aromatic heterocycles. The van der Waals surface area contributed by atoms with Gasteiger partial charge in [-0.3, -0.25) is 4.79 Å². The molecule has 0 bridgehead atoms. The van der Waals surface area contributed by atoms with Gasteiger partial charge in [0, 0.05) is 19.3 Å². The first-order valence-electron chi connectivity index (χ1n) is 6.51. The molecule has 0 spiro atoms. The maximum Gasteiger partial charge on any atom is 0.238 e. The number of nitriles is 1. The van der Waals surface area contributed by atoms with Crippen LogP contribution in [0.1, 0.15) is 19.4 Å². The fraction of sp³-hybridized carbons (Fsp3) is 0.467. The SMILES string of the molecule is COCCNCC(=O)Nc1ccc(C(C)(C)C#N)cc1. The van der Waals surface area contributed by atoms with Crippen LogP contribution in [0.4, 0.5) is 5.69 Å². The Morgan fingerprint density at radius 2 is 2.00 bits per heavy atom. The van der Waals surface area contributed by atoms with E-state index in [9.17, 15) is 4.79 Å². The predicted molar refractivity (Wildman–Crippen MR) is 78.5 cm³/mol. The number of carbonyl (C=O) groups is 1. The van der Waals surface area contributed by atoms with E-state index in [0.29, 0.717) is 13.2 Å². The van der Waals surface area contributed by atoms with Crippen molar-refractivity contribution in [2.45, 2.75) is 19.3 Å². The number of carbonyl (C=O) groups excluding carboxylic acids is 1. The van der Waals surface area contributed by atoms with E-state index in [1.807, 2.05) is 38.1 Å². The summed E-state index contributed by atoms with van der Waals surface area (Å²) in [6, 6.07) is 9.58. The quantitative estimate of drug-likeness (QED) is 0.742. The van der Waals surface area contributed by atoms with Crippen LogP contribution in [0.25, 0.3) is 0 Å². The summed E-state index contributed by atoms with van der Waals surface area (Å²) in [6.07, 6.45) is 0. The molecule has 20 heavy (non-hydrogen) atoms. The Hall–Kier alpha value is -1.90. The van der Waals surface area contributed by atoms with Crippen molar-refractivity contribution in [2.24, 2.45) is 0 Å². The van der Waals surface area contributed by atoms with Crippen molar-refractivity contribution in [3.05, 3.63) is 29.8 Å². The molecule has 0 heterocycles. The Kier molecular flexibility index (Phi) is 6.16. The highest BCUT2D eigenvalue weighted by Gasteiger charge is 2.19. The van der Waals surface area contributed by atoms with Gasteiger partial charge in [-0.05, 0) is 31.5 Å². The van der Waals surface area contributed by atoms with Crippen molar-refractivity contribution in [3.8, 4) is 6.07 Å². The normalized spacial score (nSPS) is 10.9. The molecule has 0 unspecified atom stereocenters. The van der Waals surface area contributed by atoms with E-state index >= 15 is 0 Å². The van der Waals surface area contributed by atoms with E-state index in [4.69, 9.17) is 10.00 Å². The summed E-state index contributed by atoms with van der Waals surface area (Å²) in [5.74, 6) is -0.103. The van der Waals surface area contributed by atoms with Crippen LogP contribution in [0.3, 0.4) is 0 Å². The van der Waals surface area contributed by atoms with E-state index in [2.05, 4.69) is 16.7 Å². The van der Waals surface area contributed by atoms with Gasteiger partial charge in [0.2, 0.25) is 5.91 Å². The second-order valence-corrected chi connectivity index (χ2v) is 5.03. The Labute approximate surface area is 119 Å². The molecule has 0 saturated heterocycles. The van der Waals surface area contributed by atoms with Gasteiger partial charge in [0.05, 0.1) is 24.6 Å². The Balaban J connectivity index is 2.50. The van der Waals surface area contributed by atoms with Gasteiger partial charge in [0.25, 0.3) is 0 Å². The molecule has 0 aliphatic rings. The van der Waals surface area contributed by atoms with Crippen molar-refractivity contribution in [3.63, 3.8) is 0 Å². The Morgan fingerprint density at radius 1 is 1.35 bits per heavy atom. The van der Waals surface area contributed by atoms with Crippen LogP contribution >= 0.6 is 0 Å².